The average Bonchev–Trinajstić information content (AvgIpc) is 3.26. The second-order valence-electron chi connectivity index (χ2n) is 6.47. The predicted molar refractivity (Wildman–Crippen MR) is 98.1 cm³/mol. The molecule has 4 rings (SSSR count). The fraction of sp³-hybridized carbons (Fsp3) is 0.368. The normalized spacial score (nSPS) is 21.2. The van der Waals surface area contributed by atoms with Gasteiger partial charge in [-0.1, -0.05) is 6.07 Å². The highest BCUT2D eigenvalue weighted by Gasteiger charge is 2.31. The minimum Gasteiger partial charge on any atom is -0.370 e. The highest BCUT2D eigenvalue weighted by molar-refractivity contribution is 7.09. The van der Waals surface area contributed by atoms with Gasteiger partial charge in [-0.05, 0) is 48.1 Å². The fourth-order valence-electron chi connectivity index (χ4n) is 3.48. The van der Waals surface area contributed by atoms with Crippen LogP contribution in [0.1, 0.15) is 11.3 Å². The number of rotatable bonds is 4. The van der Waals surface area contributed by atoms with E-state index in [0.717, 1.165) is 24.3 Å². The third-order valence-electron chi connectivity index (χ3n) is 4.73. The molecule has 3 heterocycles. The minimum atomic E-state index is -0.0211. The number of nitrogens with zero attached hydrogens (tertiary/aromatic N) is 2. The van der Waals surface area contributed by atoms with Crippen LogP contribution in [0.3, 0.4) is 0 Å². The number of ether oxygens (including phenoxy) is 1. The van der Waals surface area contributed by atoms with Gasteiger partial charge in [0.05, 0.1) is 6.61 Å². The molecule has 0 radical (unpaired) electrons. The van der Waals surface area contributed by atoms with Crippen LogP contribution in [0.2, 0.25) is 0 Å². The largest absolute Gasteiger partial charge is 0.370 e. The summed E-state index contributed by atoms with van der Waals surface area (Å²) in [5.41, 5.74) is 1.77. The van der Waals surface area contributed by atoms with Crippen LogP contribution in [0.4, 0.5) is 11.4 Å². The van der Waals surface area contributed by atoms with Crippen molar-refractivity contribution in [2.45, 2.75) is 12.8 Å². The van der Waals surface area contributed by atoms with Gasteiger partial charge in [-0.2, -0.15) is 0 Å². The van der Waals surface area contributed by atoms with Crippen molar-refractivity contribution in [2.24, 2.45) is 5.92 Å². The van der Waals surface area contributed by atoms with E-state index < -0.39 is 0 Å². The highest BCUT2D eigenvalue weighted by atomic mass is 32.1. The molecule has 0 N–H and O–H groups in total. The summed E-state index contributed by atoms with van der Waals surface area (Å²) in [4.78, 5) is 29.3. The molecule has 0 aliphatic carbocycles. The number of thiophene rings is 1. The summed E-state index contributed by atoms with van der Waals surface area (Å²) in [6.07, 6.45) is 1.56. The molecule has 0 spiro atoms. The molecule has 6 heteroatoms. The lowest BCUT2D eigenvalue weighted by Gasteiger charge is -2.27. The molecule has 130 valence electrons. The molecule has 25 heavy (non-hydrogen) atoms. The van der Waals surface area contributed by atoms with Crippen molar-refractivity contribution < 1.29 is 14.3 Å². The Balaban J connectivity index is 1.44. The molecular weight excluding hydrogens is 336 g/mol. The molecule has 0 saturated carbocycles. The van der Waals surface area contributed by atoms with E-state index in [1.54, 1.807) is 16.2 Å². The number of carbonyl (C=O) groups is 2. The standard InChI is InChI=1S/C19H20N2O3S/c22-18-11-14(10-17-2-1-9-25-17)12-21(18)16-5-3-15(4-6-16)20-7-8-24-13-19(20)23/h1-6,9,14H,7-8,10-13H2. The Labute approximate surface area is 150 Å². The average molecular weight is 356 g/mol. The molecule has 2 amide bonds. The van der Waals surface area contributed by atoms with Gasteiger partial charge in [0.1, 0.15) is 6.61 Å². The summed E-state index contributed by atoms with van der Waals surface area (Å²) < 4.78 is 5.16. The van der Waals surface area contributed by atoms with Crippen LogP contribution in [-0.4, -0.2) is 38.1 Å². The van der Waals surface area contributed by atoms with Crippen molar-refractivity contribution >= 4 is 34.5 Å². The molecule has 2 fully saturated rings. The lowest BCUT2D eigenvalue weighted by Crippen LogP contribution is -2.41. The molecule has 2 aliphatic heterocycles. The van der Waals surface area contributed by atoms with Gasteiger partial charge in [0.2, 0.25) is 5.91 Å². The SMILES string of the molecule is O=C1COCCN1c1ccc(N2CC(Cc3cccs3)CC2=O)cc1. The van der Waals surface area contributed by atoms with Gasteiger partial charge in [0.25, 0.3) is 5.91 Å². The number of amides is 2. The molecule has 5 nitrogen and oxygen atoms in total. The molecule has 1 aromatic heterocycles. The zero-order valence-corrected chi connectivity index (χ0v) is 14.7. The van der Waals surface area contributed by atoms with E-state index in [4.69, 9.17) is 4.74 Å². The molecule has 0 bridgehead atoms. The maximum Gasteiger partial charge on any atom is 0.253 e. The van der Waals surface area contributed by atoms with Crippen molar-refractivity contribution in [3.8, 4) is 0 Å². The van der Waals surface area contributed by atoms with E-state index in [9.17, 15) is 9.59 Å². The van der Waals surface area contributed by atoms with E-state index in [-0.39, 0.29) is 18.4 Å². The summed E-state index contributed by atoms with van der Waals surface area (Å²) in [5, 5.41) is 2.08. The van der Waals surface area contributed by atoms with Crippen molar-refractivity contribution in [3.63, 3.8) is 0 Å². The molecule has 1 aromatic carbocycles. The second kappa shape index (κ2) is 6.98. The van der Waals surface area contributed by atoms with Gasteiger partial charge in [0.15, 0.2) is 0 Å². The topological polar surface area (TPSA) is 49.9 Å². The Morgan fingerprint density at radius 3 is 2.48 bits per heavy atom. The second-order valence-corrected chi connectivity index (χ2v) is 7.50. The summed E-state index contributed by atoms with van der Waals surface area (Å²) in [7, 11) is 0. The van der Waals surface area contributed by atoms with Crippen LogP contribution in [0.25, 0.3) is 0 Å². The first kappa shape index (κ1) is 16.3. The number of anilines is 2. The zero-order valence-electron chi connectivity index (χ0n) is 13.9. The summed E-state index contributed by atoms with van der Waals surface area (Å²) in [6, 6.07) is 11.9. The van der Waals surface area contributed by atoms with Crippen LogP contribution in [0.15, 0.2) is 41.8 Å². The van der Waals surface area contributed by atoms with Crippen LogP contribution >= 0.6 is 11.3 Å². The quantitative estimate of drug-likeness (QED) is 0.846. The van der Waals surface area contributed by atoms with Gasteiger partial charge in [-0.25, -0.2) is 0 Å². The Morgan fingerprint density at radius 1 is 1.04 bits per heavy atom. The maximum atomic E-state index is 12.4. The third-order valence-corrected chi connectivity index (χ3v) is 5.63. The van der Waals surface area contributed by atoms with Gasteiger partial charge in [-0.3, -0.25) is 9.59 Å². The number of carbonyl (C=O) groups excluding carboxylic acids is 2. The Morgan fingerprint density at radius 2 is 1.80 bits per heavy atom. The molecule has 1 unspecified atom stereocenters. The Hall–Kier alpha value is -2.18. The number of hydrogen-bond donors (Lipinski definition) is 0. The van der Waals surface area contributed by atoms with E-state index in [0.29, 0.717) is 25.5 Å². The Bertz CT molecular complexity index is 757. The number of morpholine rings is 1. The number of hydrogen-bond acceptors (Lipinski definition) is 4. The summed E-state index contributed by atoms with van der Waals surface area (Å²) in [6.45, 7) is 2.02. The lowest BCUT2D eigenvalue weighted by atomic mass is 10.0. The van der Waals surface area contributed by atoms with E-state index in [2.05, 4.69) is 17.5 Å². The van der Waals surface area contributed by atoms with Crippen LogP contribution < -0.4 is 9.80 Å². The van der Waals surface area contributed by atoms with Crippen molar-refractivity contribution in [1.29, 1.82) is 0 Å². The first-order chi connectivity index (χ1) is 12.2. The maximum absolute atomic E-state index is 12.4. The minimum absolute atomic E-state index is 0.0211. The first-order valence-corrected chi connectivity index (χ1v) is 9.39. The van der Waals surface area contributed by atoms with Gasteiger partial charge < -0.3 is 14.5 Å². The van der Waals surface area contributed by atoms with E-state index in [1.807, 2.05) is 29.2 Å². The van der Waals surface area contributed by atoms with Crippen molar-refractivity contribution in [2.75, 3.05) is 36.1 Å². The van der Waals surface area contributed by atoms with E-state index in [1.165, 1.54) is 4.88 Å². The summed E-state index contributed by atoms with van der Waals surface area (Å²) in [5.74, 6) is 0.524. The van der Waals surface area contributed by atoms with E-state index >= 15 is 0 Å². The monoisotopic (exact) mass is 356 g/mol. The molecule has 1 atom stereocenters. The van der Waals surface area contributed by atoms with Gasteiger partial charge in [0, 0.05) is 35.8 Å². The van der Waals surface area contributed by atoms with Crippen LogP contribution in [0, 0.1) is 5.92 Å². The van der Waals surface area contributed by atoms with Crippen molar-refractivity contribution in [3.05, 3.63) is 46.7 Å². The number of benzene rings is 1. The third kappa shape index (κ3) is 3.45. The molecule has 2 aliphatic rings. The van der Waals surface area contributed by atoms with Crippen molar-refractivity contribution in [1.82, 2.24) is 0 Å². The smallest absolute Gasteiger partial charge is 0.253 e. The molecule has 2 aromatic rings. The predicted octanol–water partition coefficient (Wildman–Crippen LogP) is 2.71. The fourth-order valence-corrected chi connectivity index (χ4v) is 4.31. The first-order valence-electron chi connectivity index (χ1n) is 8.51. The van der Waals surface area contributed by atoms with Gasteiger partial charge in [-0.15, -0.1) is 11.3 Å². The van der Waals surface area contributed by atoms with Gasteiger partial charge >= 0.3 is 0 Å². The zero-order chi connectivity index (χ0) is 17.2. The lowest BCUT2D eigenvalue weighted by molar-refractivity contribution is -0.125. The van der Waals surface area contributed by atoms with Crippen LogP contribution in [0.5, 0.6) is 0 Å². The summed E-state index contributed by atoms with van der Waals surface area (Å²) >= 11 is 1.75. The molecular formula is C19H20N2O3S. The van der Waals surface area contributed by atoms with Crippen LogP contribution in [-0.2, 0) is 20.7 Å². The highest BCUT2D eigenvalue weighted by Crippen LogP contribution is 2.30. The Kier molecular flexibility index (Phi) is 4.55. The molecule has 2 saturated heterocycles.